The monoisotopic (exact) mass is 334 g/mol. The molecule has 1 aromatic heterocycles. The molecule has 1 saturated heterocycles. The number of carbonyl (C=O) groups excluding carboxylic acids is 1. The van der Waals surface area contributed by atoms with Crippen molar-refractivity contribution in [1.29, 1.82) is 0 Å². The molecule has 1 aliphatic heterocycles. The number of nitrogens with one attached hydrogen (secondary N) is 1. The van der Waals surface area contributed by atoms with E-state index >= 15 is 0 Å². The highest BCUT2D eigenvalue weighted by Crippen LogP contribution is 2.45. The predicted octanol–water partition coefficient (Wildman–Crippen LogP) is 3.29. The second-order valence-electron chi connectivity index (χ2n) is 7.33. The zero-order valence-electron chi connectivity index (χ0n) is 14.3. The average Bonchev–Trinajstić information content (AvgIpc) is 3.31. The first-order valence-corrected chi connectivity index (χ1v) is 9.33. The average molecular weight is 334 g/mol. The second kappa shape index (κ2) is 5.83. The van der Waals surface area contributed by atoms with Crippen molar-refractivity contribution in [3.8, 4) is 11.3 Å². The SMILES string of the molecule is O=CNc1ccc(-c2nc(N3CCC3)nc3c2CCC3)cc1C1CC1. The molecule has 5 nitrogen and oxygen atoms in total. The van der Waals surface area contributed by atoms with Crippen molar-refractivity contribution in [3.05, 3.63) is 35.0 Å². The number of fused-ring (bicyclic) bond motifs is 1. The van der Waals surface area contributed by atoms with Gasteiger partial charge < -0.3 is 10.2 Å². The molecule has 0 atom stereocenters. The minimum Gasteiger partial charge on any atom is -0.341 e. The van der Waals surface area contributed by atoms with E-state index in [4.69, 9.17) is 9.97 Å². The summed E-state index contributed by atoms with van der Waals surface area (Å²) in [6.07, 6.45) is 7.71. The van der Waals surface area contributed by atoms with Gasteiger partial charge in [0.15, 0.2) is 0 Å². The van der Waals surface area contributed by atoms with E-state index in [1.807, 2.05) is 6.07 Å². The van der Waals surface area contributed by atoms with Crippen molar-refractivity contribution in [2.75, 3.05) is 23.3 Å². The van der Waals surface area contributed by atoms with Gasteiger partial charge in [-0.2, -0.15) is 0 Å². The van der Waals surface area contributed by atoms with Crippen LogP contribution >= 0.6 is 0 Å². The molecular weight excluding hydrogens is 312 g/mol. The Balaban J connectivity index is 1.61. The molecule has 25 heavy (non-hydrogen) atoms. The normalized spacial score (nSPS) is 18.6. The molecule has 3 aliphatic rings. The highest BCUT2D eigenvalue weighted by Gasteiger charge is 2.28. The summed E-state index contributed by atoms with van der Waals surface area (Å²) in [5.74, 6) is 1.47. The first-order valence-electron chi connectivity index (χ1n) is 9.33. The fourth-order valence-corrected chi connectivity index (χ4v) is 3.95. The van der Waals surface area contributed by atoms with Crippen molar-refractivity contribution in [2.45, 2.75) is 44.4 Å². The van der Waals surface area contributed by atoms with E-state index in [1.165, 1.54) is 48.1 Å². The highest BCUT2D eigenvalue weighted by molar-refractivity contribution is 5.78. The highest BCUT2D eigenvalue weighted by atomic mass is 16.1. The predicted molar refractivity (Wildman–Crippen MR) is 98.0 cm³/mol. The van der Waals surface area contributed by atoms with Crippen molar-refractivity contribution < 1.29 is 4.79 Å². The van der Waals surface area contributed by atoms with Gasteiger partial charge in [-0.15, -0.1) is 0 Å². The van der Waals surface area contributed by atoms with Gasteiger partial charge in [-0.25, -0.2) is 9.97 Å². The van der Waals surface area contributed by atoms with Crippen LogP contribution in [0.15, 0.2) is 18.2 Å². The zero-order valence-corrected chi connectivity index (χ0v) is 14.3. The van der Waals surface area contributed by atoms with Crippen LogP contribution in [0.1, 0.15) is 48.4 Å². The Morgan fingerprint density at radius 1 is 1.12 bits per heavy atom. The third-order valence-electron chi connectivity index (χ3n) is 5.62. The first kappa shape index (κ1) is 14.9. The number of hydrogen-bond acceptors (Lipinski definition) is 4. The molecule has 0 bridgehead atoms. The minimum atomic E-state index is 0.576. The van der Waals surface area contributed by atoms with E-state index in [2.05, 4.69) is 22.3 Å². The van der Waals surface area contributed by atoms with E-state index in [0.29, 0.717) is 5.92 Å². The van der Waals surface area contributed by atoms with Gasteiger partial charge >= 0.3 is 0 Å². The molecule has 1 amide bonds. The van der Waals surface area contributed by atoms with Crippen LogP contribution in [0.2, 0.25) is 0 Å². The van der Waals surface area contributed by atoms with Crippen LogP contribution in [0.3, 0.4) is 0 Å². The number of amides is 1. The Morgan fingerprint density at radius 3 is 2.72 bits per heavy atom. The Bertz CT molecular complexity index is 840. The summed E-state index contributed by atoms with van der Waals surface area (Å²) in [7, 11) is 0. The topological polar surface area (TPSA) is 58.1 Å². The fourth-order valence-electron chi connectivity index (χ4n) is 3.95. The molecule has 0 unspecified atom stereocenters. The van der Waals surface area contributed by atoms with Crippen molar-refractivity contribution in [3.63, 3.8) is 0 Å². The maximum absolute atomic E-state index is 10.9. The summed E-state index contributed by atoms with van der Waals surface area (Å²) in [6.45, 7) is 2.13. The standard InChI is InChI=1S/C20H22N4O/c25-12-21-17-8-7-14(11-16(17)13-5-6-13)19-15-3-1-4-18(15)22-20(23-19)24-9-2-10-24/h7-8,11-13H,1-6,9-10H2,(H,21,25). The van der Waals surface area contributed by atoms with Gasteiger partial charge in [0.05, 0.1) is 5.69 Å². The quantitative estimate of drug-likeness (QED) is 0.853. The smallest absolute Gasteiger partial charge is 0.226 e. The van der Waals surface area contributed by atoms with Crippen LogP contribution in [0, 0.1) is 0 Å². The van der Waals surface area contributed by atoms with E-state index in [9.17, 15) is 4.79 Å². The molecular formula is C20H22N4O. The number of hydrogen-bond donors (Lipinski definition) is 1. The number of aromatic nitrogens is 2. The lowest BCUT2D eigenvalue weighted by molar-refractivity contribution is -0.105. The molecule has 2 heterocycles. The Morgan fingerprint density at radius 2 is 2.00 bits per heavy atom. The van der Waals surface area contributed by atoms with Crippen molar-refractivity contribution in [1.82, 2.24) is 9.97 Å². The fraction of sp³-hybridized carbons (Fsp3) is 0.450. The third-order valence-corrected chi connectivity index (χ3v) is 5.62. The summed E-state index contributed by atoms with van der Waals surface area (Å²) in [6, 6.07) is 6.37. The van der Waals surface area contributed by atoms with Gasteiger partial charge in [-0.3, -0.25) is 4.79 Å². The molecule has 5 heteroatoms. The molecule has 0 radical (unpaired) electrons. The van der Waals surface area contributed by atoms with Gasteiger partial charge in [-0.1, -0.05) is 6.07 Å². The van der Waals surface area contributed by atoms with Gasteiger partial charge in [0.25, 0.3) is 0 Å². The molecule has 5 rings (SSSR count). The number of benzene rings is 1. The molecule has 2 aromatic rings. The van der Waals surface area contributed by atoms with Gasteiger partial charge in [-0.05, 0) is 62.1 Å². The molecule has 1 N–H and O–H groups in total. The van der Waals surface area contributed by atoms with Crippen LogP contribution < -0.4 is 10.2 Å². The van der Waals surface area contributed by atoms with Crippen LogP contribution in [0.25, 0.3) is 11.3 Å². The van der Waals surface area contributed by atoms with Gasteiger partial charge in [0.1, 0.15) is 0 Å². The lowest BCUT2D eigenvalue weighted by Crippen LogP contribution is -2.38. The lowest BCUT2D eigenvalue weighted by atomic mass is 9.99. The maximum Gasteiger partial charge on any atom is 0.226 e. The molecule has 1 aromatic carbocycles. The van der Waals surface area contributed by atoms with E-state index in [-0.39, 0.29) is 0 Å². The molecule has 2 aliphatic carbocycles. The molecule has 0 spiro atoms. The van der Waals surface area contributed by atoms with Crippen LogP contribution in [-0.2, 0) is 17.6 Å². The summed E-state index contributed by atoms with van der Waals surface area (Å²) >= 11 is 0. The largest absolute Gasteiger partial charge is 0.341 e. The Kier molecular flexibility index (Phi) is 3.47. The number of rotatable bonds is 5. The lowest BCUT2D eigenvalue weighted by Gasteiger charge is -2.31. The van der Waals surface area contributed by atoms with E-state index in [0.717, 1.165) is 49.7 Å². The number of aryl methyl sites for hydroxylation is 1. The summed E-state index contributed by atoms with van der Waals surface area (Å²) in [5.41, 5.74) is 7.01. The van der Waals surface area contributed by atoms with Crippen molar-refractivity contribution in [2.24, 2.45) is 0 Å². The maximum atomic E-state index is 10.9. The first-order chi connectivity index (χ1) is 12.3. The van der Waals surface area contributed by atoms with Crippen LogP contribution in [0.4, 0.5) is 11.6 Å². The molecule has 1 saturated carbocycles. The number of carbonyl (C=O) groups is 1. The van der Waals surface area contributed by atoms with Gasteiger partial charge in [0, 0.05) is 35.6 Å². The minimum absolute atomic E-state index is 0.576. The van der Waals surface area contributed by atoms with Crippen molar-refractivity contribution >= 4 is 18.0 Å². The molecule has 2 fully saturated rings. The van der Waals surface area contributed by atoms with Crippen LogP contribution in [-0.4, -0.2) is 29.5 Å². The van der Waals surface area contributed by atoms with Gasteiger partial charge in [0.2, 0.25) is 12.4 Å². The number of anilines is 2. The summed E-state index contributed by atoms with van der Waals surface area (Å²) in [4.78, 5) is 23.0. The Hall–Kier alpha value is -2.43. The summed E-state index contributed by atoms with van der Waals surface area (Å²) in [5, 5.41) is 2.85. The Labute approximate surface area is 147 Å². The zero-order chi connectivity index (χ0) is 16.8. The summed E-state index contributed by atoms with van der Waals surface area (Å²) < 4.78 is 0. The third kappa shape index (κ3) is 2.58. The van der Waals surface area contributed by atoms with E-state index < -0.39 is 0 Å². The van der Waals surface area contributed by atoms with E-state index in [1.54, 1.807) is 0 Å². The van der Waals surface area contributed by atoms with Crippen LogP contribution in [0.5, 0.6) is 0 Å². The molecule has 128 valence electrons. The second-order valence-corrected chi connectivity index (χ2v) is 7.33. The number of nitrogens with zero attached hydrogens (tertiary/aromatic N) is 3.